The first-order chi connectivity index (χ1) is 13.7. The zero-order chi connectivity index (χ0) is 20.1. The predicted octanol–water partition coefficient (Wildman–Crippen LogP) is 3.79. The molecule has 172 valence electrons. The smallest absolute Gasteiger partial charge is 0.191 e. The maximum Gasteiger partial charge on any atom is 0.191 e. The van der Waals surface area contributed by atoms with Crippen molar-refractivity contribution in [2.75, 3.05) is 53.0 Å². The third kappa shape index (κ3) is 10.2. The van der Waals surface area contributed by atoms with Crippen LogP contribution in [0.15, 0.2) is 4.99 Å². The number of nitrogens with one attached hydrogen (secondary N) is 2. The molecule has 0 radical (unpaired) electrons. The Morgan fingerprint density at radius 1 is 1.10 bits per heavy atom. The Morgan fingerprint density at radius 3 is 2.45 bits per heavy atom. The topological polar surface area (TPSA) is 58.1 Å². The third-order valence-electron chi connectivity index (χ3n) is 6.00. The lowest BCUT2D eigenvalue weighted by atomic mass is 9.84. The second kappa shape index (κ2) is 15.6. The van der Waals surface area contributed by atoms with Crippen molar-refractivity contribution in [2.24, 2.45) is 4.99 Å². The molecular formula is C22H45IN4O2. The first-order valence-electron chi connectivity index (χ1n) is 11.6. The summed E-state index contributed by atoms with van der Waals surface area (Å²) in [5.41, 5.74) is -0.0404. The minimum atomic E-state index is -0.0404. The van der Waals surface area contributed by atoms with Crippen LogP contribution in [0.1, 0.15) is 71.6 Å². The summed E-state index contributed by atoms with van der Waals surface area (Å²) in [6, 6.07) is 0.510. The van der Waals surface area contributed by atoms with Crippen LogP contribution in [-0.4, -0.2) is 75.5 Å². The van der Waals surface area contributed by atoms with Crippen molar-refractivity contribution in [2.45, 2.75) is 83.3 Å². The van der Waals surface area contributed by atoms with Crippen molar-refractivity contribution in [3.63, 3.8) is 0 Å². The predicted molar refractivity (Wildman–Crippen MR) is 133 cm³/mol. The van der Waals surface area contributed by atoms with Gasteiger partial charge in [-0.25, -0.2) is 0 Å². The number of guanidine groups is 1. The molecule has 1 saturated heterocycles. The fraction of sp³-hybridized carbons (Fsp3) is 0.955. The summed E-state index contributed by atoms with van der Waals surface area (Å²) in [5, 5.41) is 7.14. The summed E-state index contributed by atoms with van der Waals surface area (Å²) in [4.78, 5) is 7.53. The molecule has 0 aromatic rings. The summed E-state index contributed by atoms with van der Waals surface area (Å²) in [6.45, 7) is 11.2. The number of aliphatic imine (C=N–C) groups is 1. The Balaban J connectivity index is 0.00000420. The molecule has 2 aliphatic rings. The molecule has 0 amide bonds. The van der Waals surface area contributed by atoms with Crippen molar-refractivity contribution in [1.82, 2.24) is 15.5 Å². The van der Waals surface area contributed by atoms with E-state index in [1.165, 1.54) is 32.1 Å². The molecule has 2 N–H and O–H groups in total. The van der Waals surface area contributed by atoms with E-state index in [9.17, 15) is 0 Å². The van der Waals surface area contributed by atoms with Crippen molar-refractivity contribution >= 4 is 29.9 Å². The van der Waals surface area contributed by atoms with Crippen molar-refractivity contribution in [3.05, 3.63) is 0 Å². The monoisotopic (exact) mass is 524 g/mol. The van der Waals surface area contributed by atoms with E-state index in [0.717, 1.165) is 77.6 Å². The molecule has 0 spiro atoms. The molecule has 1 aliphatic carbocycles. The van der Waals surface area contributed by atoms with Crippen LogP contribution in [0.2, 0.25) is 0 Å². The molecule has 29 heavy (non-hydrogen) atoms. The normalized spacial score (nSPS) is 20.9. The molecule has 1 aliphatic heterocycles. The Kier molecular flexibility index (Phi) is 14.5. The second-order valence-electron chi connectivity index (χ2n) is 8.39. The highest BCUT2D eigenvalue weighted by Crippen LogP contribution is 2.32. The number of halogens is 1. The summed E-state index contributed by atoms with van der Waals surface area (Å²) in [7, 11) is 1.78. The Labute approximate surface area is 196 Å². The van der Waals surface area contributed by atoms with Gasteiger partial charge in [0.2, 0.25) is 0 Å². The Morgan fingerprint density at radius 2 is 1.83 bits per heavy atom. The van der Waals surface area contributed by atoms with Gasteiger partial charge in [0.15, 0.2) is 5.96 Å². The third-order valence-corrected chi connectivity index (χ3v) is 6.00. The molecule has 7 heteroatoms. The van der Waals surface area contributed by atoms with E-state index in [1.54, 1.807) is 7.11 Å². The van der Waals surface area contributed by atoms with Gasteiger partial charge in [-0.15, -0.1) is 24.0 Å². The van der Waals surface area contributed by atoms with Crippen LogP contribution in [0, 0.1) is 0 Å². The van der Waals surface area contributed by atoms with Crippen LogP contribution in [-0.2, 0) is 9.47 Å². The molecular weight excluding hydrogens is 479 g/mol. The first-order valence-corrected chi connectivity index (χ1v) is 11.6. The fourth-order valence-electron chi connectivity index (χ4n) is 4.33. The molecule has 0 aromatic carbocycles. The number of likely N-dealkylation sites (tertiary alicyclic amines) is 1. The molecule has 2 rings (SSSR count). The minimum Gasteiger partial charge on any atom is -0.385 e. The summed E-state index contributed by atoms with van der Waals surface area (Å²) >= 11 is 0. The highest BCUT2D eigenvalue weighted by atomic mass is 127. The SMILES string of the molecule is CCCOC1(CN=C(NCC)NC2CCN(CCCOC)CC2)CCCCC1.I. The number of rotatable bonds is 11. The van der Waals surface area contributed by atoms with Crippen LogP contribution in [0.25, 0.3) is 0 Å². The average molecular weight is 525 g/mol. The largest absolute Gasteiger partial charge is 0.385 e. The van der Waals surface area contributed by atoms with Crippen LogP contribution >= 0.6 is 24.0 Å². The highest BCUT2D eigenvalue weighted by molar-refractivity contribution is 14.0. The highest BCUT2D eigenvalue weighted by Gasteiger charge is 2.33. The van der Waals surface area contributed by atoms with Crippen LogP contribution in [0.5, 0.6) is 0 Å². The Bertz CT molecular complexity index is 437. The number of hydrogen-bond acceptors (Lipinski definition) is 4. The lowest BCUT2D eigenvalue weighted by Gasteiger charge is -2.36. The standard InChI is InChI=1S/C22H44N4O2.HI/c1-4-17-28-22(12-7-6-8-13-22)19-24-21(23-5-2)25-20-10-15-26(16-11-20)14-9-18-27-3;/h20H,4-19H2,1-3H3,(H2,23,24,25);1H. The number of methoxy groups -OCH3 is 1. The van der Waals surface area contributed by atoms with Gasteiger partial charge in [-0.1, -0.05) is 26.2 Å². The number of piperidine rings is 1. The van der Waals surface area contributed by atoms with Crippen LogP contribution in [0.3, 0.4) is 0 Å². The lowest BCUT2D eigenvalue weighted by molar-refractivity contribution is -0.0624. The molecule has 0 atom stereocenters. The summed E-state index contributed by atoms with van der Waals surface area (Å²) in [6.07, 6.45) is 10.7. The van der Waals surface area contributed by atoms with Gasteiger partial charge >= 0.3 is 0 Å². The zero-order valence-corrected chi connectivity index (χ0v) is 21.3. The van der Waals surface area contributed by atoms with E-state index in [2.05, 4.69) is 29.4 Å². The second-order valence-corrected chi connectivity index (χ2v) is 8.39. The molecule has 6 nitrogen and oxygen atoms in total. The minimum absolute atomic E-state index is 0. The van der Waals surface area contributed by atoms with Crippen LogP contribution in [0.4, 0.5) is 0 Å². The first kappa shape index (κ1) is 26.9. The lowest BCUT2D eigenvalue weighted by Crippen LogP contribution is -2.49. The van der Waals surface area contributed by atoms with E-state index in [4.69, 9.17) is 14.5 Å². The van der Waals surface area contributed by atoms with Gasteiger partial charge in [0, 0.05) is 52.5 Å². The van der Waals surface area contributed by atoms with Crippen molar-refractivity contribution < 1.29 is 9.47 Å². The van der Waals surface area contributed by atoms with Gasteiger partial charge in [0.25, 0.3) is 0 Å². The quantitative estimate of drug-likeness (QED) is 0.187. The van der Waals surface area contributed by atoms with Crippen molar-refractivity contribution in [1.29, 1.82) is 0 Å². The van der Waals surface area contributed by atoms with E-state index >= 15 is 0 Å². The summed E-state index contributed by atoms with van der Waals surface area (Å²) < 4.78 is 11.5. The van der Waals surface area contributed by atoms with Crippen molar-refractivity contribution in [3.8, 4) is 0 Å². The molecule has 2 fully saturated rings. The van der Waals surface area contributed by atoms with Gasteiger partial charge in [-0.05, 0) is 45.4 Å². The fourth-order valence-corrected chi connectivity index (χ4v) is 4.33. The maximum absolute atomic E-state index is 6.32. The van der Waals surface area contributed by atoms with E-state index in [1.807, 2.05) is 0 Å². The number of ether oxygens (including phenoxy) is 2. The number of nitrogens with zero attached hydrogens (tertiary/aromatic N) is 2. The van der Waals surface area contributed by atoms with E-state index in [-0.39, 0.29) is 29.6 Å². The number of hydrogen-bond donors (Lipinski definition) is 2. The maximum atomic E-state index is 6.32. The summed E-state index contributed by atoms with van der Waals surface area (Å²) in [5.74, 6) is 0.963. The van der Waals surface area contributed by atoms with Gasteiger partial charge < -0.3 is 25.0 Å². The van der Waals surface area contributed by atoms with E-state index in [0.29, 0.717) is 6.04 Å². The molecule has 0 unspecified atom stereocenters. The van der Waals surface area contributed by atoms with Gasteiger partial charge in [0.05, 0.1) is 12.1 Å². The van der Waals surface area contributed by atoms with Gasteiger partial charge in [0.1, 0.15) is 0 Å². The molecule has 0 bridgehead atoms. The zero-order valence-electron chi connectivity index (χ0n) is 19.0. The van der Waals surface area contributed by atoms with Gasteiger partial charge in [-0.3, -0.25) is 4.99 Å². The van der Waals surface area contributed by atoms with E-state index < -0.39 is 0 Å². The Hall–Kier alpha value is -0.120. The molecule has 1 heterocycles. The van der Waals surface area contributed by atoms with Gasteiger partial charge in [-0.2, -0.15) is 0 Å². The van der Waals surface area contributed by atoms with Crippen LogP contribution < -0.4 is 10.6 Å². The average Bonchev–Trinajstić information content (AvgIpc) is 2.73. The molecule has 0 aromatic heterocycles. The molecule has 1 saturated carbocycles.